The molecule has 2 N–H and O–H groups in total. The molecule has 0 fully saturated rings. The van der Waals surface area contributed by atoms with Crippen LogP contribution in [0.4, 0.5) is 5.82 Å². The second kappa shape index (κ2) is 7.11. The Balaban J connectivity index is 1.94. The number of fused-ring (bicyclic) bond motifs is 1. The number of nitrogens with zero attached hydrogens (tertiary/aromatic N) is 3. The van der Waals surface area contributed by atoms with Gasteiger partial charge in [-0.1, -0.05) is 13.8 Å². The lowest BCUT2D eigenvalue weighted by atomic mass is 10.1. The van der Waals surface area contributed by atoms with Crippen LogP contribution >= 0.6 is 11.3 Å². The quantitative estimate of drug-likeness (QED) is 0.644. The Labute approximate surface area is 144 Å². The Kier molecular flexibility index (Phi) is 4.92. The Bertz CT molecular complexity index is 840. The summed E-state index contributed by atoms with van der Waals surface area (Å²) >= 11 is 1.57. The van der Waals surface area contributed by atoms with Crippen molar-refractivity contribution in [2.45, 2.75) is 26.3 Å². The van der Waals surface area contributed by atoms with Crippen LogP contribution in [-0.4, -0.2) is 38.6 Å². The van der Waals surface area contributed by atoms with Crippen molar-refractivity contribution >= 4 is 29.1 Å². The summed E-state index contributed by atoms with van der Waals surface area (Å²) in [6.45, 7) is 4.15. The number of aldehydes is 1. The molecule has 0 radical (unpaired) electrons. The Morgan fingerprint density at radius 3 is 2.88 bits per heavy atom. The Hall–Kier alpha value is -2.25. The molecule has 1 atom stereocenters. The van der Waals surface area contributed by atoms with Crippen LogP contribution in [0.5, 0.6) is 0 Å². The zero-order valence-corrected chi connectivity index (χ0v) is 14.5. The van der Waals surface area contributed by atoms with Gasteiger partial charge < -0.3 is 15.2 Å². The number of carbonyl (C=O) groups is 1. The highest BCUT2D eigenvalue weighted by Crippen LogP contribution is 2.28. The van der Waals surface area contributed by atoms with Crippen molar-refractivity contribution in [2.75, 3.05) is 11.9 Å². The number of hydrogen-bond acceptors (Lipinski definition) is 6. The number of thiophene rings is 1. The van der Waals surface area contributed by atoms with Crippen molar-refractivity contribution in [1.82, 2.24) is 14.6 Å². The van der Waals surface area contributed by atoms with Gasteiger partial charge in [-0.15, -0.1) is 16.4 Å². The maximum absolute atomic E-state index is 10.7. The number of aliphatic hydroxyl groups is 1. The summed E-state index contributed by atoms with van der Waals surface area (Å²) in [6, 6.07) is 7.65. The van der Waals surface area contributed by atoms with Gasteiger partial charge in [0.25, 0.3) is 0 Å². The van der Waals surface area contributed by atoms with E-state index in [2.05, 4.69) is 29.2 Å². The summed E-state index contributed by atoms with van der Waals surface area (Å²) in [5.74, 6) is 0.983. The minimum Gasteiger partial charge on any atom is -0.394 e. The first kappa shape index (κ1) is 16.6. The summed E-state index contributed by atoms with van der Waals surface area (Å²) in [4.78, 5) is 17.1. The van der Waals surface area contributed by atoms with Crippen LogP contribution in [0.1, 0.15) is 18.7 Å². The summed E-state index contributed by atoms with van der Waals surface area (Å²) in [6.07, 6.45) is 3.12. The zero-order valence-electron chi connectivity index (χ0n) is 13.6. The van der Waals surface area contributed by atoms with Crippen molar-refractivity contribution < 1.29 is 9.90 Å². The minimum atomic E-state index is -0.0529. The van der Waals surface area contributed by atoms with E-state index in [1.54, 1.807) is 22.0 Å². The fourth-order valence-electron chi connectivity index (χ4n) is 2.44. The molecule has 0 amide bonds. The minimum absolute atomic E-state index is 0.0498. The van der Waals surface area contributed by atoms with E-state index in [1.165, 1.54) is 0 Å². The SMILES string of the molecule is CC(C)C(CO)Nc1ccc2ncc(-c3ccc(CC=O)s3)n2n1. The van der Waals surface area contributed by atoms with Gasteiger partial charge in [0.05, 0.1) is 23.7 Å². The third kappa shape index (κ3) is 3.32. The molecule has 0 aliphatic rings. The van der Waals surface area contributed by atoms with Crippen LogP contribution in [0.3, 0.4) is 0 Å². The standard InChI is InChI=1S/C17H20N4O2S/c1-11(2)13(10-23)19-16-5-6-17-18-9-14(21(17)20-16)15-4-3-12(24-15)7-8-22/h3-6,8-9,11,13,23H,7,10H2,1-2H3,(H,19,20). The van der Waals surface area contributed by atoms with Crippen molar-refractivity contribution in [1.29, 1.82) is 0 Å². The molecule has 3 rings (SSSR count). The van der Waals surface area contributed by atoms with Gasteiger partial charge in [-0.05, 0) is 30.2 Å². The van der Waals surface area contributed by atoms with Gasteiger partial charge in [0.15, 0.2) is 5.65 Å². The molecule has 3 heterocycles. The fourth-order valence-corrected chi connectivity index (χ4v) is 3.39. The van der Waals surface area contributed by atoms with Crippen LogP contribution < -0.4 is 5.32 Å². The number of nitrogens with one attached hydrogen (secondary N) is 1. The molecule has 7 heteroatoms. The molecule has 3 aromatic heterocycles. The van der Waals surface area contributed by atoms with E-state index in [9.17, 15) is 9.90 Å². The van der Waals surface area contributed by atoms with E-state index in [0.717, 1.165) is 27.4 Å². The highest BCUT2D eigenvalue weighted by molar-refractivity contribution is 7.15. The summed E-state index contributed by atoms with van der Waals surface area (Å²) < 4.78 is 1.79. The van der Waals surface area contributed by atoms with Crippen molar-refractivity contribution in [3.63, 3.8) is 0 Å². The lowest BCUT2D eigenvalue weighted by molar-refractivity contribution is -0.107. The van der Waals surface area contributed by atoms with Gasteiger partial charge >= 0.3 is 0 Å². The number of aliphatic hydroxyl groups excluding tert-OH is 1. The van der Waals surface area contributed by atoms with E-state index in [0.29, 0.717) is 12.2 Å². The van der Waals surface area contributed by atoms with Gasteiger partial charge in [-0.2, -0.15) is 0 Å². The molecule has 0 saturated carbocycles. The molecule has 0 spiro atoms. The predicted molar refractivity (Wildman–Crippen MR) is 95.4 cm³/mol. The van der Waals surface area contributed by atoms with Crippen molar-refractivity contribution in [2.24, 2.45) is 5.92 Å². The molecule has 0 aliphatic heterocycles. The normalized spacial score (nSPS) is 12.7. The first-order valence-corrected chi connectivity index (χ1v) is 8.69. The number of hydrogen-bond donors (Lipinski definition) is 2. The summed E-state index contributed by atoms with van der Waals surface area (Å²) in [5.41, 5.74) is 1.65. The monoisotopic (exact) mass is 344 g/mol. The molecule has 0 aromatic carbocycles. The molecule has 0 aliphatic carbocycles. The van der Waals surface area contributed by atoms with Crippen LogP contribution in [0, 0.1) is 5.92 Å². The van der Waals surface area contributed by atoms with Gasteiger partial charge in [0, 0.05) is 11.3 Å². The molecule has 0 bridgehead atoms. The maximum Gasteiger partial charge on any atom is 0.154 e. The summed E-state index contributed by atoms with van der Waals surface area (Å²) in [7, 11) is 0. The average Bonchev–Trinajstić information content (AvgIpc) is 3.18. The molecular formula is C17H20N4O2S. The van der Waals surface area contributed by atoms with Gasteiger partial charge in [0.1, 0.15) is 17.8 Å². The maximum atomic E-state index is 10.7. The van der Waals surface area contributed by atoms with Gasteiger partial charge in [0.2, 0.25) is 0 Å². The van der Waals surface area contributed by atoms with E-state index < -0.39 is 0 Å². The van der Waals surface area contributed by atoms with E-state index in [1.807, 2.05) is 24.3 Å². The zero-order chi connectivity index (χ0) is 17.1. The van der Waals surface area contributed by atoms with Crippen molar-refractivity contribution in [3.05, 3.63) is 35.3 Å². The summed E-state index contributed by atoms with van der Waals surface area (Å²) in [5, 5.41) is 17.3. The van der Waals surface area contributed by atoms with E-state index in [4.69, 9.17) is 0 Å². The van der Waals surface area contributed by atoms with Gasteiger partial charge in [-0.25, -0.2) is 9.50 Å². The topological polar surface area (TPSA) is 79.5 Å². The van der Waals surface area contributed by atoms with E-state index in [-0.39, 0.29) is 18.6 Å². The van der Waals surface area contributed by atoms with Crippen molar-refractivity contribution in [3.8, 4) is 10.6 Å². The number of aromatic nitrogens is 3. The third-order valence-electron chi connectivity index (χ3n) is 3.90. The molecule has 0 saturated heterocycles. The Morgan fingerprint density at radius 2 is 2.17 bits per heavy atom. The first-order chi connectivity index (χ1) is 11.6. The molecule has 126 valence electrons. The third-order valence-corrected chi connectivity index (χ3v) is 5.03. The highest BCUT2D eigenvalue weighted by atomic mass is 32.1. The van der Waals surface area contributed by atoms with Crippen LogP contribution in [0.25, 0.3) is 16.2 Å². The lowest BCUT2D eigenvalue weighted by Crippen LogP contribution is -2.30. The number of anilines is 1. The Morgan fingerprint density at radius 1 is 1.33 bits per heavy atom. The van der Waals surface area contributed by atoms with Gasteiger partial charge in [-0.3, -0.25) is 0 Å². The molecular weight excluding hydrogens is 324 g/mol. The van der Waals surface area contributed by atoms with Crippen LogP contribution in [0.15, 0.2) is 30.5 Å². The average molecular weight is 344 g/mol. The smallest absolute Gasteiger partial charge is 0.154 e. The molecule has 6 nitrogen and oxygen atoms in total. The highest BCUT2D eigenvalue weighted by Gasteiger charge is 2.14. The molecule has 1 unspecified atom stereocenters. The largest absolute Gasteiger partial charge is 0.394 e. The number of rotatable bonds is 7. The number of imidazole rings is 1. The second-order valence-electron chi connectivity index (χ2n) is 5.95. The number of carbonyl (C=O) groups excluding carboxylic acids is 1. The predicted octanol–water partition coefficient (Wildman–Crippen LogP) is 2.63. The van der Waals surface area contributed by atoms with Crippen LogP contribution in [-0.2, 0) is 11.2 Å². The fraction of sp³-hybridized carbons (Fsp3) is 0.353. The molecule has 24 heavy (non-hydrogen) atoms. The lowest BCUT2D eigenvalue weighted by Gasteiger charge is -2.20. The first-order valence-electron chi connectivity index (χ1n) is 7.87. The molecule has 3 aromatic rings. The van der Waals surface area contributed by atoms with Crippen LogP contribution in [0.2, 0.25) is 0 Å². The second-order valence-corrected chi connectivity index (χ2v) is 7.11. The van der Waals surface area contributed by atoms with E-state index >= 15 is 0 Å².